The van der Waals surface area contributed by atoms with Crippen molar-refractivity contribution in [3.8, 4) is 0 Å². The molecule has 1 N–H and O–H groups in total. The summed E-state index contributed by atoms with van der Waals surface area (Å²) in [7, 11) is 0. The van der Waals surface area contributed by atoms with Gasteiger partial charge in [-0.05, 0) is 18.8 Å². The minimum Gasteiger partial charge on any atom is -0.395 e. The molecule has 0 aromatic carbocycles. The Kier molecular flexibility index (Phi) is 2.89. The van der Waals surface area contributed by atoms with Crippen molar-refractivity contribution in [2.45, 2.75) is 39.5 Å². The van der Waals surface area contributed by atoms with Crippen LogP contribution in [0.2, 0.25) is 0 Å². The molecule has 0 aromatic rings. The Labute approximate surface area is 74.0 Å². The zero-order valence-corrected chi connectivity index (χ0v) is 7.97. The van der Waals surface area contributed by atoms with Gasteiger partial charge in [0.15, 0.2) is 0 Å². The Morgan fingerprint density at radius 3 is 2.50 bits per heavy atom. The van der Waals surface area contributed by atoms with E-state index in [9.17, 15) is 9.90 Å². The average molecular weight is 170 g/mol. The van der Waals surface area contributed by atoms with Crippen molar-refractivity contribution in [3.63, 3.8) is 0 Å². The summed E-state index contributed by atoms with van der Waals surface area (Å²) >= 11 is 0. The third-order valence-corrected chi connectivity index (χ3v) is 3.22. The number of rotatable bonds is 2. The minimum absolute atomic E-state index is 0.0312. The molecule has 0 bridgehead atoms. The fourth-order valence-corrected chi connectivity index (χ4v) is 2.07. The molecule has 1 unspecified atom stereocenters. The molecule has 2 heteroatoms. The van der Waals surface area contributed by atoms with Crippen LogP contribution in [0.1, 0.15) is 39.5 Å². The zero-order chi connectivity index (χ0) is 9.19. The van der Waals surface area contributed by atoms with E-state index in [1.54, 1.807) is 0 Å². The maximum Gasteiger partial charge on any atom is 0.141 e. The molecule has 1 atom stereocenters. The van der Waals surface area contributed by atoms with E-state index in [1.165, 1.54) is 0 Å². The molecule has 0 spiro atoms. The van der Waals surface area contributed by atoms with E-state index in [2.05, 4.69) is 0 Å². The first kappa shape index (κ1) is 9.72. The van der Waals surface area contributed by atoms with Crippen molar-refractivity contribution in [1.29, 1.82) is 0 Å². The second-order valence-electron chi connectivity index (χ2n) is 4.10. The minimum atomic E-state index is -0.405. The van der Waals surface area contributed by atoms with Gasteiger partial charge in [-0.3, -0.25) is 4.79 Å². The van der Waals surface area contributed by atoms with E-state index in [0.717, 1.165) is 19.3 Å². The lowest BCUT2D eigenvalue weighted by Gasteiger charge is -2.37. The standard InChI is InChI=1S/C10H18O2/c1-8(2)10(7-11)6-4-3-5-9(10)12/h8,11H,3-7H2,1-2H3. The van der Waals surface area contributed by atoms with Crippen LogP contribution in [0.5, 0.6) is 0 Å². The highest BCUT2D eigenvalue weighted by atomic mass is 16.3. The highest BCUT2D eigenvalue weighted by Gasteiger charge is 2.41. The molecular weight excluding hydrogens is 152 g/mol. The van der Waals surface area contributed by atoms with Gasteiger partial charge >= 0.3 is 0 Å². The molecule has 1 rings (SSSR count). The lowest BCUT2D eigenvalue weighted by Crippen LogP contribution is -2.42. The van der Waals surface area contributed by atoms with Crippen LogP contribution in [-0.4, -0.2) is 17.5 Å². The summed E-state index contributed by atoms with van der Waals surface area (Å²) in [6.45, 7) is 4.09. The van der Waals surface area contributed by atoms with Crippen molar-refractivity contribution < 1.29 is 9.90 Å². The molecule has 0 radical (unpaired) electrons. The van der Waals surface area contributed by atoms with E-state index < -0.39 is 5.41 Å². The molecule has 1 aliphatic carbocycles. The Morgan fingerprint density at radius 1 is 1.50 bits per heavy atom. The lowest BCUT2D eigenvalue weighted by molar-refractivity contribution is -0.137. The summed E-state index contributed by atoms with van der Waals surface area (Å²) in [5.41, 5.74) is -0.405. The van der Waals surface area contributed by atoms with Gasteiger partial charge in [-0.1, -0.05) is 20.3 Å². The molecule has 1 fully saturated rings. The van der Waals surface area contributed by atoms with E-state index in [-0.39, 0.29) is 18.3 Å². The number of ketones is 1. The van der Waals surface area contributed by atoms with Crippen LogP contribution in [0.15, 0.2) is 0 Å². The van der Waals surface area contributed by atoms with Gasteiger partial charge in [-0.2, -0.15) is 0 Å². The second-order valence-corrected chi connectivity index (χ2v) is 4.10. The van der Waals surface area contributed by atoms with Gasteiger partial charge in [-0.25, -0.2) is 0 Å². The third-order valence-electron chi connectivity index (χ3n) is 3.22. The van der Waals surface area contributed by atoms with Gasteiger partial charge in [0, 0.05) is 6.42 Å². The van der Waals surface area contributed by atoms with Crippen LogP contribution in [-0.2, 0) is 4.79 Å². The Bertz CT molecular complexity index is 175. The van der Waals surface area contributed by atoms with Crippen LogP contribution in [0, 0.1) is 11.3 Å². The molecule has 1 aliphatic rings. The second kappa shape index (κ2) is 3.56. The third kappa shape index (κ3) is 1.40. The summed E-state index contributed by atoms with van der Waals surface area (Å²) in [6, 6.07) is 0. The van der Waals surface area contributed by atoms with E-state index in [4.69, 9.17) is 0 Å². The molecule has 0 saturated heterocycles. The Morgan fingerprint density at radius 2 is 2.17 bits per heavy atom. The number of hydrogen-bond acceptors (Lipinski definition) is 2. The summed E-state index contributed by atoms with van der Waals surface area (Å²) in [5.74, 6) is 0.543. The van der Waals surface area contributed by atoms with E-state index in [1.807, 2.05) is 13.8 Å². The molecule has 70 valence electrons. The first-order valence-corrected chi connectivity index (χ1v) is 4.77. The molecular formula is C10H18O2. The van der Waals surface area contributed by atoms with Gasteiger partial charge in [-0.15, -0.1) is 0 Å². The lowest BCUT2D eigenvalue weighted by atomic mass is 9.67. The van der Waals surface area contributed by atoms with Gasteiger partial charge in [0.1, 0.15) is 5.78 Å². The quantitative estimate of drug-likeness (QED) is 0.685. The van der Waals surface area contributed by atoms with Crippen molar-refractivity contribution >= 4 is 5.78 Å². The highest BCUT2D eigenvalue weighted by Crippen LogP contribution is 2.39. The summed E-state index contributed by atoms with van der Waals surface area (Å²) < 4.78 is 0. The number of hydrogen-bond donors (Lipinski definition) is 1. The number of carbonyl (C=O) groups excluding carboxylic acids is 1. The monoisotopic (exact) mass is 170 g/mol. The number of aliphatic hydroxyl groups is 1. The summed E-state index contributed by atoms with van der Waals surface area (Å²) in [6.07, 6.45) is 3.64. The van der Waals surface area contributed by atoms with Crippen molar-refractivity contribution in [1.82, 2.24) is 0 Å². The maximum atomic E-state index is 11.6. The van der Waals surface area contributed by atoms with Crippen LogP contribution in [0.3, 0.4) is 0 Å². The summed E-state index contributed by atoms with van der Waals surface area (Å²) in [5, 5.41) is 9.26. The fourth-order valence-electron chi connectivity index (χ4n) is 2.07. The topological polar surface area (TPSA) is 37.3 Å². The largest absolute Gasteiger partial charge is 0.395 e. The van der Waals surface area contributed by atoms with Gasteiger partial charge in [0.05, 0.1) is 12.0 Å². The highest BCUT2D eigenvalue weighted by molar-refractivity contribution is 5.85. The molecule has 0 aliphatic heterocycles. The number of carbonyl (C=O) groups is 1. The fraction of sp³-hybridized carbons (Fsp3) is 0.900. The molecule has 0 amide bonds. The first-order valence-electron chi connectivity index (χ1n) is 4.77. The Balaban J connectivity index is 2.81. The predicted octanol–water partition coefficient (Wildman–Crippen LogP) is 1.76. The van der Waals surface area contributed by atoms with Gasteiger partial charge in [0.25, 0.3) is 0 Å². The predicted molar refractivity (Wildman–Crippen MR) is 47.8 cm³/mol. The van der Waals surface area contributed by atoms with E-state index >= 15 is 0 Å². The van der Waals surface area contributed by atoms with Crippen LogP contribution in [0.4, 0.5) is 0 Å². The molecule has 1 saturated carbocycles. The average Bonchev–Trinajstić information content (AvgIpc) is 2.05. The van der Waals surface area contributed by atoms with Gasteiger partial charge < -0.3 is 5.11 Å². The molecule has 0 heterocycles. The van der Waals surface area contributed by atoms with Crippen molar-refractivity contribution in [2.75, 3.05) is 6.61 Å². The molecule has 12 heavy (non-hydrogen) atoms. The zero-order valence-electron chi connectivity index (χ0n) is 7.97. The van der Waals surface area contributed by atoms with Gasteiger partial charge in [0.2, 0.25) is 0 Å². The van der Waals surface area contributed by atoms with Crippen LogP contribution < -0.4 is 0 Å². The smallest absolute Gasteiger partial charge is 0.141 e. The van der Waals surface area contributed by atoms with Crippen LogP contribution in [0.25, 0.3) is 0 Å². The van der Waals surface area contributed by atoms with E-state index in [0.29, 0.717) is 6.42 Å². The number of Topliss-reactive ketones (excluding diaryl/α,β-unsaturated/α-hetero) is 1. The number of aliphatic hydroxyl groups excluding tert-OH is 1. The van der Waals surface area contributed by atoms with Crippen molar-refractivity contribution in [2.24, 2.45) is 11.3 Å². The maximum absolute atomic E-state index is 11.6. The SMILES string of the molecule is CC(C)C1(CO)CCCCC1=O. The Hall–Kier alpha value is -0.370. The van der Waals surface area contributed by atoms with Crippen molar-refractivity contribution in [3.05, 3.63) is 0 Å². The van der Waals surface area contributed by atoms with Crippen LogP contribution >= 0.6 is 0 Å². The first-order chi connectivity index (χ1) is 5.63. The normalized spacial score (nSPS) is 31.2. The molecule has 2 nitrogen and oxygen atoms in total. The summed E-state index contributed by atoms with van der Waals surface area (Å²) in [4.78, 5) is 11.6. The molecule has 0 aromatic heterocycles.